The molecule has 8 nitrogen and oxygen atoms in total. The van der Waals surface area contributed by atoms with E-state index in [1.807, 2.05) is 44.2 Å². The van der Waals surface area contributed by atoms with Crippen LogP contribution in [0, 0.1) is 0 Å². The molecule has 170 valence electrons. The molecule has 0 saturated carbocycles. The van der Waals surface area contributed by atoms with Crippen LogP contribution < -0.4 is 15.6 Å². The van der Waals surface area contributed by atoms with Crippen molar-refractivity contribution in [2.24, 2.45) is 0 Å². The number of methoxy groups -OCH3 is 2. The predicted molar refractivity (Wildman–Crippen MR) is 125 cm³/mol. The number of benzene rings is 2. The van der Waals surface area contributed by atoms with Crippen molar-refractivity contribution in [2.45, 2.75) is 32.9 Å². The summed E-state index contributed by atoms with van der Waals surface area (Å²) in [6.45, 7) is 5.19. The number of para-hydroxylation sites is 3. The number of fused-ring (bicyclic) bond motifs is 1. The lowest BCUT2D eigenvalue weighted by Gasteiger charge is -2.30. The van der Waals surface area contributed by atoms with Gasteiger partial charge in [0.1, 0.15) is 11.6 Å². The Kier molecular flexibility index (Phi) is 7.83. The molecule has 0 aliphatic carbocycles. The van der Waals surface area contributed by atoms with Crippen molar-refractivity contribution in [3.05, 3.63) is 64.7 Å². The van der Waals surface area contributed by atoms with Crippen LogP contribution in [0.4, 0.5) is 10.5 Å². The molecule has 0 bridgehead atoms. The molecule has 0 spiro atoms. The summed E-state index contributed by atoms with van der Waals surface area (Å²) >= 11 is 0. The van der Waals surface area contributed by atoms with E-state index in [0.29, 0.717) is 54.3 Å². The molecule has 1 unspecified atom stereocenters. The molecule has 0 radical (unpaired) electrons. The average molecular weight is 439 g/mol. The van der Waals surface area contributed by atoms with Gasteiger partial charge in [-0.3, -0.25) is 9.36 Å². The minimum atomic E-state index is -0.446. The molecule has 1 heterocycles. The summed E-state index contributed by atoms with van der Waals surface area (Å²) in [5, 5.41) is 3.50. The van der Waals surface area contributed by atoms with E-state index in [2.05, 4.69) is 5.32 Å². The third-order valence-electron chi connectivity index (χ3n) is 5.41. The van der Waals surface area contributed by atoms with E-state index < -0.39 is 6.04 Å². The fraction of sp³-hybridized carbons (Fsp3) is 0.375. The third-order valence-corrected chi connectivity index (χ3v) is 5.41. The maximum absolute atomic E-state index is 13.3. The van der Waals surface area contributed by atoms with Crippen molar-refractivity contribution in [3.63, 3.8) is 0 Å². The Balaban J connectivity index is 1.99. The lowest BCUT2D eigenvalue weighted by atomic mass is 10.2. The number of ether oxygens (including phenoxy) is 2. The van der Waals surface area contributed by atoms with Crippen molar-refractivity contribution in [3.8, 4) is 5.75 Å². The second kappa shape index (κ2) is 10.8. The van der Waals surface area contributed by atoms with E-state index in [-0.39, 0.29) is 11.6 Å². The topological polar surface area (TPSA) is 85.7 Å². The van der Waals surface area contributed by atoms with Gasteiger partial charge in [-0.1, -0.05) is 24.3 Å². The van der Waals surface area contributed by atoms with E-state index in [1.54, 1.807) is 41.9 Å². The molecule has 32 heavy (non-hydrogen) atoms. The number of carbonyl (C=O) groups excluding carboxylic acids is 1. The molecule has 2 amide bonds. The lowest BCUT2D eigenvalue weighted by Crippen LogP contribution is -2.41. The van der Waals surface area contributed by atoms with Crippen LogP contribution in [0.2, 0.25) is 0 Å². The van der Waals surface area contributed by atoms with Crippen molar-refractivity contribution in [1.82, 2.24) is 14.5 Å². The van der Waals surface area contributed by atoms with Crippen molar-refractivity contribution in [1.29, 1.82) is 0 Å². The summed E-state index contributed by atoms with van der Waals surface area (Å²) in [5.41, 5.74) is 1.08. The largest absolute Gasteiger partial charge is 0.495 e. The maximum Gasteiger partial charge on any atom is 0.322 e. The van der Waals surface area contributed by atoms with Gasteiger partial charge in [0.25, 0.3) is 5.56 Å². The molecule has 2 aromatic carbocycles. The van der Waals surface area contributed by atoms with E-state index in [9.17, 15) is 9.59 Å². The third kappa shape index (κ3) is 4.91. The molecule has 3 rings (SSSR count). The first-order valence-corrected chi connectivity index (χ1v) is 10.7. The molecule has 0 aliphatic heterocycles. The number of anilines is 1. The zero-order chi connectivity index (χ0) is 23.1. The van der Waals surface area contributed by atoms with Crippen molar-refractivity contribution >= 4 is 22.6 Å². The van der Waals surface area contributed by atoms with E-state index >= 15 is 0 Å². The van der Waals surface area contributed by atoms with Gasteiger partial charge in [-0.05, 0) is 44.5 Å². The molecule has 0 fully saturated rings. The van der Waals surface area contributed by atoms with Gasteiger partial charge in [0.05, 0.1) is 29.7 Å². The summed E-state index contributed by atoms with van der Waals surface area (Å²) in [6.07, 6.45) is 0.643. The molecule has 0 aliphatic rings. The number of nitrogens with one attached hydrogen (secondary N) is 1. The number of amides is 2. The van der Waals surface area contributed by atoms with Crippen LogP contribution >= 0.6 is 0 Å². The van der Waals surface area contributed by atoms with Gasteiger partial charge in [0.2, 0.25) is 0 Å². The fourth-order valence-corrected chi connectivity index (χ4v) is 3.73. The van der Waals surface area contributed by atoms with Gasteiger partial charge in [-0.15, -0.1) is 0 Å². The SMILES string of the molecule is CCn1c(C(C)N(CCCOC)C(=O)Nc2ccccc2OC)nc2ccccc2c1=O. The molecule has 8 heteroatoms. The summed E-state index contributed by atoms with van der Waals surface area (Å²) < 4.78 is 12.2. The highest BCUT2D eigenvalue weighted by Gasteiger charge is 2.26. The van der Waals surface area contributed by atoms with E-state index in [0.717, 1.165) is 0 Å². The van der Waals surface area contributed by atoms with Crippen LogP contribution in [-0.2, 0) is 11.3 Å². The fourth-order valence-electron chi connectivity index (χ4n) is 3.73. The van der Waals surface area contributed by atoms with Crippen LogP contribution in [0.5, 0.6) is 5.75 Å². The highest BCUT2D eigenvalue weighted by Crippen LogP contribution is 2.26. The number of urea groups is 1. The van der Waals surface area contributed by atoms with Crippen molar-refractivity contribution < 1.29 is 14.3 Å². The second-order valence-electron chi connectivity index (χ2n) is 7.38. The van der Waals surface area contributed by atoms with Gasteiger partial charge in [0.15, 0.2) is 0 Å². The van der Waals surface area contributed by atoms with Crippen LogP contribution in [0.15, 0.2) is 53.3 Å². The number of hydrogen-bond acceptors (Lipinski definition) is 5. The normalized spacial score (nSPS) is 11.9. The summed E-state index contributed by atoms with van der Waals surface area (Å²) in [4.78, 5) is 32.9. The Hall–Kier alpha value is -3.39. The first kappa shape index (κ1) is 23.3. The Bertz CT molecular complexity index is 1130. The smallest absolute Gasteiger partial charge is 0.322 e. The second-order valence-corrected chi connectivity index (χ2v) is 7.38. The zero-order valence-corrected chi connectivity index (χ0v) is 19.0. The van der Waals surface area contributed by atoms with Crippen LogP contribution in [0.25, 0.3) is 10.9 Å². The maximum atomic E-state index is 13.3. The van der Waals surface area contributed by atoms with Gasteiger partial charge in [-0.2, -0.15) is 0 Å². The standard InChI is InChI=1S/C24H30N4O4/c1-5-27-22(25-19-12-7-6-11-18(19)23(27)29)17(2)28(15-10-16-31-3)24(30)26-20-13-8-9-14-21(20)32-4/h6-9,11-14,17H,5,10,15-16H2,1-4H3,(H,26,30). The number of carbonyl (C=O) groups is 1. The van der Waals surface area contributed by atoms with Crippen LogP contribution in [0.1, 0.15) is 32.1 Å². The minimum absolute atomic E-state index is 0.109. The minimum Gasteiger partial charge on any atom is -0.495 e. The summed E-state index contributed by atoms with van der Waals surface area (Å²) in [5.74, 6) is 1.11. The van der Waals surface area contributed by atoms with Gasteiger partial charge >= 0.3 is 6.03 Å². The Morgan fingerprint density at radius 3 is 2.59 bits per heavy atom. The van der Waals surface area contributed by atoms with Gasteiger partial charge < -0.3 is 19.7 Å². The van der Waals surface area contributed by atoms with Gasteiger partial charge in [-0.25, -0.2) is 9.78 Å². The number of rotatable bonds is 9. The molecule has 1 N–H and O–H groups in total. The molecule has 1 aromatic heterocycles. The first-order chi connectivity index (χ1) is 15.5. The molecule has 3 aromatic rings. The summed E-state index contributed by atoms with van der Waals surface area (Å²) in [7, 11) is 3.19. The quantitative estimate of drug-likeness (QED) is 0.509. The van der Waals surface area contributed by atoms with Gasteiger partial charge in [0, 0.05) is 26.8 Å². The molecule has 0 saturated heterocycles. The van der Waals surface area contributed by atoms with Crippen LogP contribution in [0.3, 0.4) is 0 Å². The Morgan fingerprint density at radius 2 is 1.88 bits per heavy atom. The Labute approximate surface area is 187 Å². The van der Waals surface area contributed by atoms with Crippen molar-refractivity contribution in [2.75, 3.05) is 32.7 Å². The monoisotopic (exact) mass is 438 g/mol. The zero-order valence-electron chi connectivity index (χ0n) is 19.0. The molecular formula is C24H30N4O4. The number of nitrogens with zero attached hydrogens (tertiary/aromatic N) is 3. The van der Waals surface area contributed by atoms with E-state index in [4.69, 9.17) is 14.5 Å². The lowest BCUT2D eigenvalue weighted by molar-refractivity contribution is 0.158. The highest BCUT2D eigenvalue weighted by atomic mass is 16.5. The molecular weight excluding hydrogens is 408 g/mol. The van der Waals surface area contributed by atoms with E-state index in [1.165, 1.54) is 0 Å². The van der Waals surface area contributed by atoms with Crippen LogP contribution in [-0.4, -0.2) is 47.9 Å². The number of hydrogen-bond donors (Lipinski definition) is 1. The first-order valence-electron chi connectivity index (χ1n) is 10.7. The summed E-state index contributed by atoms with van der Waals surface area (Å²) in [6, 6.07) is 13.8. The predicted octanol–water partition coefficient (Wildman–Crippen LogP) is 4.06. The highest BCUT2D eigenvalue weighted by molar-refractivity contribution is 5.91. The Morgan fingerprint density at radius 1 is 1.16 bits per heavy atom. The average Bonchev–Trinajstić information content (AvgIpc) is 2.81. The number of aromatic nitrogens is 2. The molecule has 1 atom stereocenters.